The van der Waals surface area contributed by atoms with Gasteiger partial charge >= 0.3 is 0 Å². The minimum atomic E-state index is -0.196. The van der Waals surface area contributed by atoms with E-state index in [2.05, 4.69) is 12.6 Å². The standard InChI is InChI=1S/C13H11FS/c1-9-7-11(14)5-6-13(9)10-3-2-4-12(15)8-10/h2-8,15H,1H3. The first-order valence-corrected chi connectivity index (χ1v) is 5.17. The zero-order valence-electron chi connectivity index (χ0n) is 8.37. The molecule has 0 atom stereocenters. The molecular formula is C13H11FS. The van der Waals surface area contributed by atoms with Crippen LogP contribution in [0.15, 0.2) is 47.4 Å². The number of aryl methyl sites for hydroxylation is 1. The Hall–Kier alpha value is -1.28. The highest BCUT2D eigenvalue weighted by atomic mass is 32.1. The van der Waals surface area contributed by atoms with Crippen LogP contribution < -0.4 is 0 Å². The van der Waals surface area contributed by atoms with E-state index in [1.54, 1.807) is 12.1 Å². The monoisotopic (exact) mass is 218 g/mol. The maximum Gasteiger partial charge on any atom is 0.123 e. The summed E-state index contributed by atoms with van der Waals surface area (Å²) in [6.45, 7) is 1.91. The summed E-state index contributed by atoms with van der Waals surface area (Å²) in [6.07, 6.45) is 0. The predicted octanol–water partition coefficient (Wildman–Crippen LogP) is 4.09. The molecule has 0 heterocycles. The smallest absolute Gasteiger partial charge is 0.123 e. The Morgan fingerprint density at radius 2 is 1.87 bits per heavy atom. The fourth-order valence-corrected chi connectivity index (χ4v) is 1.85. The lowest BCUT2D eigenvalue weighted by Gasteiger charge is -2.06. The van der Waals surface area contributed by atoms with Gasteiger partial charge in [0.1, 0.15) is 5.82 Å². The zero-order valence-corrected chi connectivity index (χ0v) is 9.26. The second kappa shape index (κ2) is 4.07. The molecule has 0 aliphatic carbocycles. The Morgan fingerprint density at radius 1 is 1.07 bits per heavy atom. The fourth-order valence-electron chi connectivity index (χ4n) is 1.62. The number of halogens is 1. The summed E-state index contributed by atoms with van der Waals surface area (Å²) in [6, 6.07) is 12.7. The van der Waals surface area contributed by atoms with E-state index in [9.17, 15) is 4.39 Å². The summed E-state index contributed by atoms with van der Waals surface area (Å²) < 4.78 is 12.9. The minimum Gasteiger partial charge on any atom is -0.207 e. The molecule has 15 heavy (non-hydrogen) atoms. The molecule has 0 spiro atoms. The lowest BCUT2D eigenvalue weighted by Crippen LogP contribution is -1.85. The third-order valence-electron chi connectivity index (χ3n) is 2.35. The van der Waals surface area contributed by atoms with Gasteiger partial charge in [-0.2, -0.15) is 0 Å². The van der Waals surface area contributed by atoms with Crippen LogP contribution in [0.3, 0.4) is 0 Å². The molecule has 0 amide bonds. The molecule has 0 bridgehead atoms. The van der Waals surface area contributed by atoms with Crippen molar-refractivity contribution < 1.29 is 4.39 Å². The molecule has 0 radical (unpaired) electrons. The Kier molecular flexibility index (Phi) is 2.78. The maximum absolute atomic E-state index is 12.9. The first-order chi connectivity index (χ1) is 7.16. The van der Waals surface area contributed by atoms with E-state index in [0.29, 0.717) is 0 Å². The van der Waals surface area contributed by atoms with Gasteiger partial charge in [0, 0.05) is 4.90 Å². The van der Waals surface area contributed by atoms with Crippen LogP contribution in [-0.2, 0) is 0 Å². The van der Waals surface area contributed by atoms with E-state index < -0.39 is 0 Å². The van der Waals surface area contributed by atoms with Gasteiger partial charge in [0.05, 0.1) is 0 Å². The number of hydrogen-bond donors (Lipinski definition) is 1. The minimum absolute atomic E-state index is 0.196. The van der Waals surface area contributed by atoms with Crippen molar-refractivity contribution >= 4 is 12.6 Å². The molecule has 2 rings (SSSR count). The lowest BCUT2D eigenvalue weighted by atomic mass is 10.0. The number of hydrogen-bond acceptors (Lipinski definition) is 1. The van der Waals surface area contributed by atoms with E-state index >= 15 is 0 Å². The summed E-state index contributed by atoms with van der Waals surface area (Å²) in [4.78, 5) is 0.913. The largest absolute Gasteiger partial charge is 0.207 e. The normalized spacial score (nSPS) is 10.3. The molecule has 0 aliphatic rings. The van der Waals surface area contributed by atoms with Crippen LogP contribution >= 0.6 is 12.6 Å². The van der Waals surface area contributed by atoms with Crippen LogP contribution in [0, 0.1) is 12.7 Å². The van der Waals surface area contributed by atoms with Gasteiger partial charge in [0.15, 0.2) is 0 Å². The first kappa shape index (κ1) is 10.2. The molecule has 2 heteroatoms. The van der Waals surface area contributed by atoms with Crippen LogP contribution in [0.2, 0.25) is 0 Å². The Morgan fingerprint density at radius 3 is 2.53 bits per heavy atom. The molecule has 0 unspecified atom stereocenters. The van der Waals surface area contributed by atoms with Crippen molar-refractivity contribution in [3.63, 3.8) is 0 Å². The van der Waals surface area contributed by atoms with Gasteiger partial charge in [0.25, 0.3) is 0 Å². The molecule has 2 aromatic carbocycles. The van der Waals surface area contributed by atoms with Gasteiger partial charge in [-0.25, -0.2) is 4.39 Å². The fraction of sp³-hybridized carbons (Fsp3) is 0.0769. The van der Waals surface area contributed by atoms with Crippen LogP contribution in [0.25, 0.3) is 11.1 Å². The van der Waals surface area contributed by atoms with Crippen molar-refractivity contribution in [2.45, 2.75) is 11.8 Å². The molecule has 0 aliphatic heterocycles. The molecule has 0 aromatic heterocycles. The molecule has 0 saturated carbocycles. The Labute approximate surface area is 94.2 Å². The molecule has 76 valence electrons. The molecule has 0 N–H and O–H groups in total. The van der Waals surface area contributed by atoms with Crippen molar-refractivity contribution in [2.24, 2.45) is 0 Å². The Balaban J connectivity index is 2.54. The average Bonchev–Trinajstić information content (AvgIpc) is 2.17. The molecule has 2 aromatic rings. The average molecular weight is 218 g/mol. The molecule has 0 nitrogen and oxygen atoms in total. The highest BCUT2D eigenvalue weighted by Crippen LogP contribution is 2.25. The van der Waals surface area contributed by atoms with Gasteiger partial charge in [-0.3, -0.25) is 0 Å². The number of thiol groups is 1. The molecule has 0 fully saturated rings. The zero-order chi connectivity index (χ0) is 10.8. The van der Waals surface area contributed by atoms with Gasteiger partial charge in [-0.15, -0.1) is 12.6 Å². The van der Waals surface area contributed by atoms with E-state index in [4.69, 9.17) is 0 Å². The van der Waals surface area contributed by atoms with Crippen molar-refractivity contribution in [1.82, 2.24) is 0 Å². The van der Waals surface area contributed by atoms with E-state index in [0.717, 1.165) is 21.6 Å². The van der Waals surface area contributed by atoms with Gasteiger partial charge in [-0.05, 0) is 47.9 Å². The summed E-state index contributed by atoms with van der Waals surface area (Å²) in [5.74, 6) is -0.196. The summed E-state index contributed by atoms with van der Waals surface area (Å²) >= 11 is 4.28. The number of benzene rings is 2. The third-order valence-corrected chi connectivity index (χ3v) is 2.62. The highest BCUT2D eigenvalue weighted by Gasteiger charge is 2.02. The van der Waals surface area contributed by atoms with Crippen molar-refractivity contribution in [1.29, 1.82) is 0 Å². The molecular weight excluding hydrogens is 207 g/mol. The third kappa shape index (κ3) is 2.21. The summed E-state index contributed by atoms with van der Waals surface area (Å²) in [7, 11) is 0. The SMILES string of the molecule is Cc1cc(F)ccc1-c1cccc(S)c1. The predicted molar refractivity (Wildman–Crippen MR) is 63.8 cm³/mol. The van der Waals surface area contributed by atoms with Crippen LogP contribution in [0.5, 0.6) is 0 Å². The highest BCUT2D eigenvalue weighted by molar-refractivity contribution is 7.80. The second-order valence-electron chi connectivity index (χ2n) is 3.51. The first-order valence-electron chi connectivity index (χ1n) is 4.72. The summed E-state index contributed by atoms with van der Waals surface area (Å²) in [5, 5.41) is 0. The van der Waals surface area contributed by atoms with E-state index in [1.165, 1.54) is 6.07 Å². The Bertz CT molecular complexity index is 492. The second-order valence-corrected chi connectivity index (χ2v) is 4.03. The van der Waals surface area contributed by atoms with Crippen molar-refractivity contribution in [3.05, 3.63) is 53.8 Å². The topological polar surface area (TPSA) is 0 Å². The van der Waals surface area contributed by atoms with E-state index in [1.807, 2.05) is 31.2 Å². The van der Waals surface area contributed by atoms with Gasteiger partial charge in [0.2, 0.25) is 0 Å². The van der Waals surface area contributed by atoms with Crippen molar-refractivity contribution in [3.8, 4) is 11.1 Å². The summed E-state index contributed by atoms with van der Waals surface area (Å²) in [5.41, 5.74) is 3.06. The van der Waals surface area contributed by atoms with Gasteiger partial charge < -0.3 is 0 Å². The van der Waals surface area contributed by atoms with Crippen molar-refractivity contribution in [2.75, 3.05) is 0 Å². The quantitative estimate of drug-likeness (QED) is 0.685. The van der Waals surface area contributed by atoms with Gasteiger partial charge in [-0.1, -0.05) is 18.2 Å². The lowest BCUT2D eigenvalue weighted by molar-refractivity contribution is 0.627. The molecule has 0 saturated heterocycles. The van der Waals surface area contributed by atoms with Crippen LogP contribution in [0.1, 0.15) is 5.56 Å². The maximum atomic E-state index is 12.9. The van der Waals surface area contributed by atoms with E-state index in [-0.39, 0.29) is 5.82 Å². The van der Waals surface area contributed by atoms with Crippen LogP contribution in [-0.4, -0.2) is 0 Å². The van der Waals surface area contributed by atoms with Crippen LogP contribution in [0.4, 0.5) is 4.39 Å². The number of rotatable bonds is 1.